The zero-order valence-electron chi connectivity index (χ0n) is 12.7. The topological polar surface area (TPSA) is 36.4 Å². The molecular formula is C19H22N2O. The number of aromatic nitrogens is 1. The van der Waals surface area contributed by atoms with Crippen LogP contribution in [0.3, 0.4) is 0 Å². The monoisotopic (exact) mass is 294 g/mol. The van der Waals surface area contributed by atoms with Crippen molar-refractivity contribution in [3.8, 4) is 0 Å². The summed E-state index contributed by atoms with van der Waals surface area (Å²) in [5.74, 6) is 1.27. The Bertz CT molecular complexity index is 699. The number of piperidine rings is 3. The molecule has 3 heteroatoms. The van der Waals surface area contributed by atoms with Gasteiger partial charge >= 0.3 is 0 Å². The molecule has 1 aromatic carbocycles. The van der Waals surface area contributed by atoms with Gasteiger partial charge in [0, 0.05) is 29.7 Å². The van der Waals surface area contributed by atoms with Gasteiger partial charge in [-0.25, -0.2) is 0 Å². The highest BCUT2D eigenvalue weighted by molar-refractivity contribution is 5.78. The molecule has 0 saturated carbocycles. The van der Waals surface area contributed by atoms with E-state index in [-0.39, 0.29) is 6.04 Å². The lowest BCUT2D eigenvalue weighted by molar-refractivity contribution is -0.0449. The van der Waals surface area contributed by atoms with Gasteiger partial charge in [-0.1, -0.05) is 24.3 Å². The lowest BCUT2D eigenvalue weighted by atomic mass is 9.74. The number of nitrogens with zero attached hydrogens (tertiary/aromatic N) is 2. The molecule has 2 aromatic rings. The number of aliphatic hydroxyl groups is 1. The summed E-state index contributed by atoms with van der Waals surface area (Å²) in [4.78, 5) is 6.93. The SMILES string of the molecule is C=C[C@@H]1CN2CC[C@H]1C[C@H]2[C@@H](O)c1cnc2ccccc2c1. The molecular weight excluding hydrogens is 272 g/mol. The van der Waals surface area contributed by atoms with E-state index in [1.165, 1.54) is 6.42 Å². The number of aliphatic hydroxyl groups excluding tert-OH is 1. The van der Waals surface area contributed by atoms with Gasteiger partial charge in [-0.15, -0.1) is 6.58 Å². The van der Waals surface area contributed by atoms with Crippen molar-refractivity contribution in [3.63, 3.8) is 0 Å². The van der Waals surface area contributed by atoms with Crippen molar-refractivity contribution < 1.29 is 5.11 Å². The molecule has 3 aliphatic rings. The number of hydrogen-bond acceptors (Lipinski definition) is 3. The van der Waals surface area contributed by atoms with Crippen molar-refractivity contribution >= 4 is 10.9 Å². The molecule has 5 atom stereocenters. The van der Waals surface area contributed by atoms with E-state index in [1.54, 1.807) is 0 Å². The van der Waals surface area contributed by atoms with Gasteiger partial charge in [0.15, 0.2) is 0 Å². The lowest BCUT2D eigenvalue weighted by Crippen LogP contribution is -2.54. The Kier molecular flexibility index (Phi) is 3.47. The lowest BCUT2D eigenvalue weighted by Gasteiger charge is -2.50. The van der Waals surface area contributed by atoms with Gasteiger partial charge in [-0.05, 0) is 43.4 Å². The number of fused-ring (bicyclic) bond motifs is 4. The second-order valence-corrected chi connectivity index (χ2v) is 6.65. The van der Waals surface area contributed by atoms with E-state index in [4.69, 9.17) is 0 Å². The van der Waals surface area contributed by atoms with Crippen molar-refractivity contribution in [2.45, 2.75) is 25.0 Å². The zero-order valence-corrected chi connectivity index (χ0v) is 12.7. The highest BCUT2D eigenvalue weighted by atomic mass is 16.3. The average molecular weight is 294 g/mol. The van der Waals surface area contributed by atoms with Crippen molar-refractivity contribution in [1.82, 2.24) is 9.88 Å². The number of rotatable bonds is 3. The predicted molar refractivity (Wildman–Crippen MR) is 88.5 cm³/mol. The molecule has 0 radical (unpaired) electrons. The van der Waals surface area contributed by atoms with Crippen LogP contribution in [0, 0.1) is 11.8 Å². The first-order valence-corrected chi connectivity index (χ1v) is 8.15. The van der Waals surface area contributed by atoms with Crippen molar-refractivity contribution in [3.05, 3.63) is 54.7 Å². The second kappa shape index (κ2) is 5.49. The third-order valence-corrected chi connectivity index (χ3v) is 5.47. The maximum atomic E-state index is 10.9. The highest BCUT2D eigenvalue weighted by Crippen LogP contribution is 2.41. The summed E-state index contributed by atoms with van der Waals surface area (Å²) in [5, 5.41) is 12.0. The minimum atomic E-state index is -0.453. The normalized spacial score (nSPS) is 32.0. The Morgan fingerprint density at radius 2 is 2.23 bits per heavy atom. The zero-order chi connectivity index (χ0) is 15.1. The molecule has 3 fully saturated rings. The second-order valence-electron chi connectivity index (χ2n) is 6.65. The standard InChI is InChI=1S/C19H22N2O/c1-2-13-12-21-8-7-14(13)10-18(21)19(22)16-9-15-5-3-4-6-17(15)20-11-16/h2-6,9,11,13-14,18-19,22H,1,7-8,10,12H2/t13-,14+,18+,19+/m1/s1. The van der Waals surface area contributed by atoms with Crippen molar-refractivity contribution in [2.24, 2.45) is 11.8 Å². The minimum absolute atomic E-state index is 0.220. The van der Waals surface area contributed by atoms with Crippen molar-refractivity contribution in [1.29, 1.82) is 0 Å². The Balaban J connectivity index is 1.61. The molecule has 4 heterocycles. The van der Waals surface area contributed by atoms with Crippen molar-refractivity contribution in [2.75, 3.05) is 13.1 Å². The number of hydrogen-bond donors (Lipinski definition) is 1. The molecule has 1 unspecified atom stereocenters. The van der Waals surface area contributed by atoms with E-state index in [0.29, 0.717) is 11.8 Å². The molecule has 0 spiro atoms. The summed E-state index contributed by atoms with van der Waals surface area (Å²) < 4.78 is 0. The molecule has 2 bridgehead atoms. The van der Waals surface area contributed by atoms with E-state index in [1.807, 2.05) is 24.4 Å². The van der Waals surface area contributed by atoms with Gasteiger partial charge in [0.05, 0.1) is 11.6 Å². The van der Waals surface area contributed by atoms with Crippen LogP contribution in [-0.2, 0) is 0 Å². The van der Waals surface area contributed by atoms with Crippen LogP contribution in [0.5, 0.6) is 0 Å². The maximum Gasteiger partial charge on any atom is 0.0960 e. The molecule has 0 amide bonds. The molecule has 114 valence electrons. The molecule has 3 aliphatic heterocycles. The van der Waals surface area contributed by atoms with E-state index in [9.17, 15) is 5.11 Å². The van der Waals surface area contributed by atoms with Crippen LogP contribution < -0.4 is 0 Å². The third kappa shape index (κ3) is 2.25. The van der Waals surface area contributed by atoms with Gasteiger partial charge < -0.3 is 5.11 Å². The molecule has 1 aromatic heterocycles. The van der Waals surface area contributed by atoms with E-state index >= 15 is 0 Å². The summed E-state index contributed by atoms with van der Waals surface area (Å²) in [6, 6.07) is 10.4. The number of para-hydroxylation sites is 1. The summed E-state index contributed by atoms with van der Waals surface area (Å²) in [7, 11) is 0. The van der Waals surface area contributed by atoms with Crippen LogP contribution in [-0.4, -0.2) is 34.1 Å². The molecule has 3 nitrogen and oxygen atoms in total. The van der Waals surface area contributed by atoms with Gasteiger partial charge in [-0.3, -0.25) is 9.88 Å². The van der Waals surface area contributed by atoms with E-state index < -0.39 is 6.10 Å². The van der Waals surface area contributed by atoms with Crippen LogP contribution in [0.15, 0.2) is 49.2 Å². The largest absolute Gasteiger partial charge is 0.387 e. The molecule has 5 rings (SSSR count). The van der Waals surface area contributed by atoms with Crippen LogP contribution in [0.25, 0.3) is 10.9 Å². The Morgan fingerprint density at radius 3 is 3.00 bits per heavy atom. The maximum absolute atomic E-state index is 10.9. The number of benzene rings is 1. The summed E-state index contributed by atoms with van der Waals surface area (Å²) in [6.07, 6.45) is 5.77. The smallest absolute Gasteiger partial charge is 0.0960 e. The van der Waals surface area contributed by atoms with Gasteiger partial charge in [0.1, 0.15) is 0 Å². The molecule has 0 aliphatic carbocycles. The van der Waals surface area contributed by atoms with Gasteiger partial charge in [0.25, 0.3) is 0 Å². The highest BCUT2D eigenvalue weighted by Gasteiger charge is 2.42. The quantitative estimate of drug-likeness (QED) is 0.883. The Labute approximate surface area is 131 Å². The first kappa shape index (κ1) is 13.9. The average Bonchev–Trinajstić information content (AvgIpc) is 2.60. The molecule has 1 N–H and O–H groups in total. The Hall–Kier alpha value is -1.71. The fraction of sp³-hybridized carbons (Fsp3) is 0.421. The molecule has 22 heavy (non-hydrogen) atoms. The van der Waals surface area contributed by atoms with E-state index in [0.717, 1.165) is 36.0 Å². The van der Waals surface area contributed by atoms with Crippen LogP contribution in [0.2, 0.25) is 0 Å². The van der Waals surface area contributed by atoms with Crippen LogP contribution in [0.4, 0.5) is 0 Å². The number of pyridine rings is 1. The van der Waals surface area contributed by atoms with E-state index in [2.05, 4.69) is 34.7 Å². The molecule has 3 saturated heterocycles. The van der Waals surface area contributed by atoms with Gasteiger partial charge in [0.2, 0.25) is 0 Å². The summed E-state index contributed by atoms with van der Waals surface area (Å²) in [6.45, 7) is 6.10. The summed E-state index contributed by atoms with van der Waals surface area (Å²) in [5.41, 5.74) is 1.92. The third-order valence-electron chi connectivity index (χ3n) is 5.47. The minimum Gasteiger partial charge on any atom is -0.387 e. The summed E-state index contributed by atoms with van der Waals surface area (Å²) >= 11 is 0. The fourth-order valence-electron chi connectivity index (χ4n) is 4.18. The fourth-order valence-corrected chi connectivity index (χ4v) is 4.18. The van der Waals surface area contributed by atoms with Crippen LogP contribution >= 0.6 is 0 Å². The predicted octanol–water partition coefficient (Wildman–Crippen LogP) is 3.16. The first-order chi connectivity index (χ1) is 10.8. The Morgan fingerprint density at radius 1 is 1.36 bits per heavy atom. The first-order valence-electron chi connectivity index (χ1n) is 8.15. The van der Waals surface area contributed by atoms with Gasteiger partial charge in [-0.2, -0.15) is 0 Å². The van der Waals surface area contributed by atoms with Crippen LogP contribution in [0.1, 0.15) is 24.5 Å².